The number of carboxylic acids is 1. The molecule has 25 heavy (non-hydrogen) atoms. The van der Waals surface area contributed by atoms with Crippen molar-refractivity contribution in [3.05, 3.63) is 47.3 Å². The lowest BCUT2D eigenvalue weighted by Crippen LogP contribution is -2.17. The minimum Gasteiger partial charge on any atom is -0.481 e. The molecule has 9 heteroatoms. The first-order chi connectivity index (χ1) is 11.7. The Balaban J connectivity index is 2.21. The topological polar surface area (TPSA) is 84.2 Å². The summed E-state index contributed by atoms with van der Waals surface area (Å²) >= 11 is 0. The van der Waals surface area contributed by atoms with Gasteiger partial charge in [0.2, 0.25) is 0 Å². The lowest BCUT2D eigenvalue weighted by molar-refractivity contribution is -0.141. The highest BCUT2D eigenvalue weighted by Crippen LogP contribution is 2.31. The van der Waals surface area contributed by atoms with Crippen LogP contribution in [0.5, 0.6) is 0 Å². The van der Waals surface area contributed by atoms with Crippen molar-refractivity contribution in [2.24, 2.45) is 0 Å². The summed E-state index contributed by atoms with van der Waals surface area (Å²) in [5.41, 5.74) is -0.870. The van der Waals surface area contributed by atoms with Gasteiger partial charge in [0.25, 0.3) is 5.91 Å². The van der Waals surface area contributed by atoms with Crippen LogP contribution in [0, 0.1) is 0 Å². The molecule has 0 bridgehead atoms. The molecule has 0 saturated carbocycles. The Morgan fingerprint density at radius 2 is 2.04 bits per heavy atom. The van der Waals surface area contributed by atoms with E-state index >= 15 is 0 Å². The fourth-order valence-corrected chi connectivity index (χ4v) is 2.21. The van der Waals surface area contributed by atoms with Crippen LogP contribution in [0.15, 0.2) is 30.5 Å². The van der Waals surface area contributed by atoms with E-state index in [-0.39, 0.29) is 25.1 Å². The normalized spacial score (nSPS) is 11.4. The number of hydrogen-bond acceptors (Lipinski definition) is 3. The first kappa shape index (κ1) is 18.5. The molecule has 0 aliphatic carbocycles. The number of anilines is 1. The molecule has 2 N–H and O–H groups in total. The summed E-state index contributed by atoms with van der Waals surface area (Å²) in [6.07, 6.45) is -3.53. The Bertz CT molecular complexity index is 784. The van der Waals surface area contributed by atoms with Crippen LogP contribution in [0.4, 0.5) is 18.9 Å². The maximum absolute atomic E-state index is 13.0. The van der Waals surface area contributed by atoms with Gasteiger partial charge in [-0.05, 0) is 31.0 Å². The number of carboxylic acid groups (broad SMARTS) is 1. The summed E-state index contributed by atoms with van der Waals surface area (Å²) < 4.78 is 40.1. The van der Waals surface area contributed by atoms with Gasteiger partial charge in [0.1, 0.15) is 0 Å². The molecule has 2 rings (SSSR count). The molecule has 1 heterocycles. The zero-order valence-electron chi connectivity index (χ0n) is 13.3. The highest BCUT2D eigenvalue weighted by Gasteiger charge is 2.39. The van der Waals surface area contributed by atoms with E-state index in [0.29, 0.717) is 5.56 Å². The van der Waals surface area contributed by atoms with Gasteiger partial charge in [-0.3, -0.25) is 14.3 Å². The summed E-state index contributed by atoms with van der Waals surface area (Å²) in [6.45, 7) is 1.81. The molecule has 0 saturated heterocycles. The maximum Gasteiger partial charge on any atom is 0.435 e. The van der Waals surface area contributed by atoms with E-state index < -0.39 is 29.3 Å². The molecule has 0 spiro atoms. The van der Waals surface area contributed by atoms with Crippen LogP contribution in [0.25, 0.3) is 0 Å². The Kier molecular flexibility index (Phi) is 5.45. The lowest BCUT2D eigenvalue weighted by Gasteiger charge is -2.08. The van der Waals surface area contributed by atoms with Crippen LogP contribution in [-0.4, -0.2) is 26.8 Å². The van der Waals surface area contributed by atoms with E-state index in [1.165, 1.54) is 12.1 Å². The molecular formula is C16H16F3N3O3. The third-order valence-electron chi connectivity index (χ3n) is 3.41. The molecule has 134 valence electrons. The number of amides is 1. The lowest BCUT2D eigenvalue weighted by atomic mass is 10.1. The number of aromatic nitrogens is 2. The Morgan fingerprint density at radius 3 is 2.64 bits per heavy atom. The van der Waals surface area contributed by atoms with E-state index in [2.05, 4.69) is 10.4 Å². The Morgan fingerprint density at radius 1 is 1.32 bits per heavy atom. The van der Waals surface area contributed by atoms with Crippen molar-refractivity contribution >= 4 is 17.6 Å². The SMILES string of the molecule is CCn1cc(C(=O)Nc2cccc(CCC(=O)O)c2)c(C(F)(F)F)n1. The predicted molar refractivity (Wildman–Crippen MR) is 83.3 cm³/mol. The van der Waals surface area contributed by atoms with Crippen LogP contribution < -0.4 is 5.32 Å². The minimum absolute atomic E-state index is 0.0844. The van der Waals surface area contributed by atoms with E-state index in [0.717, 1.165) is 10.9 Å². The number of aryl methyl sites for hydroxylation is 2. The average Bonchev–Trinajstić information content (AvgIpc) is 2.98. The molecular weight excluding hydrogens is 339 g/mol. The molecule has 1 aromatic carbocycles. The molecule has 0 atom stereocenters. The predicted octanol–water partition coefficient (Wildman–Crippen LogP) is 3.19. The summed E-state index contributed by atoms with van der Waals surface area (Å²) in [4.78, 5) is 22.8. The summed E-state index contributed by atoms with van der Waals surface area (Å²) in [6, 6.07) is 6.31. The number of carbonyl (C=O) groups excluding carboxylic acids is 1. The number of benzene rings is 1. The molecule has 0 unspecified atom stereocenters. The molecule has 0 aliphatic rings. The third kappa shape index (κ3) is 4.82. The van der Waals surface area contributed by atoms with Gasteiger partial charge in [-0.25, -0.2) is 0 Å². The van der Waals surface area contributed by atoms with E-state index in [1.807, 2.05) is 0 Å². The Hall–Kier alpha value is -2.84. The second-order valence-corrected chi connectivity index (χ2v) is 5.29. The van der Waals surface area contributed by atoms with Crippen LogP contribution in [0.3, 0.4) is 0 Å². The monoisotopic (exact) mass is 355 g/mol. The maximum atomic E-state index is 13.0. The van der Waals surface area contributed by atoms with Gasteiger partial charge in [0.15, 0.2) is 5.69 Å². The van der Waals surface area contributed by atoms with Gasteiger partial charge < -0.3 is 10.4 Å². The van der Waals surface area contributed by atoms with Crippen molar-refractivity contribution in [1.82, 2.24) is 9.78 Å². The zero-order chi connectivity index (χ0) is 18.6. The van der Waals surface area contributed by atoms with Crippen LogP contribution in [0.1, 0.15) is 35.0 Å². The molecule has 0 aliphatic heterocycles. The van der Waals surface area contributed by atoms with Crippen LogP contribution >= 0.6 is 0 Å². The van der Waals surface area contributed by atoms with Crippen molar-refractivity contribution < 1.29 is 27.9 Å². The average molecular weight is 355 g/mol. The number of rotatable bonds is 6. The van der Waals surface area contributed by atoms with Gasteiger partial charge in [-0.1, -0.05) is 12.1 Å². The van der Waals surface area contributed by atoms with Crippen molar-refractivity contribution in [2.75, 3.05) is 5.32 Å². The number of nitrogens with one attached hydrogen (secondary N) is 1. The summed E-state index contributed by atoms with van der Waals surface area (Å²) in [5.74, 6) is -1.89. The van der Waals surface area contributed by atoms with Gasteiger partial charge in [0, 0.05) is 24.8 Å². The standard InChI is InChI=1S/C16H16F3N3O3/c1-2-22-9-12(14(21-22)16(17,18)19)15(25)20-11-5-3-4-10(8-11)6-7-13(23)24/h3-5,8-9H,2,6-7H2,1H3,(H,20,25)(H,23,24). The highest BCUT2D eigenvalue weighted by molar-refractivity contribution is 6.05. The fourth-order valence-electron chi connectivity index (χ4n) is 2.21. The number of halogens is 3. The van der Waals surface area contributed by atoms with E-state index in [1.54, 1.807) is 19.1 Å². The van der Waals surface area contributed by atoms with Crippen molar-refractivity contribution in [3.63, 3.8) is 0 Å². The second-order valence-electron chi connectivity index (χ2n) is 5.29. The summed E-state index contributed by atoms with van der Waals surface area (Å²) in [7, 11) is 0. The second kappa shape index (κ2) is 7.37. The Labute approximate surface area is 141 Å². The molecule has 0 radical (unpaired) electrons. The first-order valence-electron chi connectivity index (χ1n) is 7.47. The van der Waals surface area contributed by atoms with Crippen molar-refractivity contribution in [3.8, 4) is 0 Å². The third-order valence-corrected chi connectivity index (χ3v) is 3.41. The van der Waals surface area contributed by atoms with Gasteiger partial charge in [-0.15, -0.1) is 0 Å². The van der Waals surface area contributed by atoms with Crippen molar-refractivity contribution in [2.45, 2.75) is 32.5 Å². The minimum atomic E-state index is -4.74. The molecule has 6 nitrogen and oxygen atoms in total. The van der Waals surface area contributed by atoms with Crippen LogP contribution in [0.2, 0.25) is 0 Å². The number of nitrogens with zero attached hydrogens (tertiary/aromatic N) is 2. The van der Waals surface area contributed by atoms with Gasteiger partial charge in [-0.2, -0.15) is 18.3 Å². The first-order valence-corrected chi connectivity index (χ1v) is 7.47. The van der Waals surface area contributed by atoms with Gasteiger partial charge >= 0.3 is 12.1 Å². The number of aliphatic carboxylic acids is 1. The zero-order valence-corrected chi connectivity index (χ0v) is 13.3. The quantitative estimate of drug-likeness (QED) is 0.833. The number of carbonyl (C=O) groups is 2. The van der Waals surface area contributed by atoms with E-state index in [9.17, 15) is 22.8 Å². The molecule has 1 amide bonds. The van der Waals surface area contributed by atoms with E-state index in [4.69, 9.17) is 5.11 Å². The molecule has 1 aromatic heterocycles. The molecule has 2 aromatic rings. The fraction of sp³-hybridized carbons (Fsp3) is 0.312. The number of hydrogen-bond donors (Lipinski definition) is 2. The number of alkyl halides is 3. The smallest absolute Gasteiger partial charge is 0.435 e. The highest BCUT2D eigenvalue weighted by atomic mass is 19.4. The van der Waals surface area contributed by atoms with Gasteiger partial charge in [0.05, 0.1) is 5.56 Å². The summed E-state index contributed by atoms with van der Waals surface area (Å²) in [5, 5.41) is 14.5. The molecule has 0 fully saturated rings. The largest absolute Gasteiger partial charge is 0.481 e. The van der Waals surface area contributed by atoms with Crippen LogP contribution in [-0.2, 0) is 23.9 Å². The van der Waals surface area contributed by atoms with Crippen molar-refractivity contribution in [1.29, 1.82) is 0 Å².